The highest BCUT2D eigenvalue weighted by Gasteiger charge is 2.36. The fraction of sp³-hybridized carbons (Fsp3) is 0.400. The van der Waals surface area contributed by atoms with E-state index < -0.39 is 0 Å². The molecule has 6 rings (SSSR count). The third-order valence-corrected chi connectivity index (χ3v) is 7.31. The van der Waals surface area contributed by atoms with Gasteiger partial charge in [0.05, 0.1) is 36.4 Å². The molecule has 0 aliphatic carbocycles. The van der Waals surface area contributed by atoms with E-state index in [0.29, 0.717) is 38.3 Å². The summed E-state index contributed by atoms with van der Waals surface area (Å²) in [6, 6.07) is 11.7. The minimum atomic E-state index is -0.247. The van der Waals surface area contributed by atoms with Crippen LogP contribution in [0.25, 0.3) is 5.69 Å². The maximum atomic E-state index is 13.0. The Morgan fingerprint density at radius 1 is 1.11 bits per heavy atom. The van der Waals surface area contributed by atoms with Crippen molar-refractivity contribution in [3.63, 3.8) is 0 Å². The Balaban J connectivity index is 1.07. The average Bonchev–Trinajstić information content (AvgIpc) is 3.55. The summed E-state index contributed by atoms with van der Waals surface area (Å²) in [5.74, 6) is -0.121. The first kappa shape index (κ1) is 21.9. The zero-order chi connectivity index (χ0) is 23.9. The number of carbonyl (C=O) groups excluding carboxylic acids is 2. The van der Waals surface area contributed by atoms with Crippen molar-refractivity contribution < 1.29 is 19.1 Å². The van der Waals surface area contributed by atoms with Gasteiger partial charge in [0.25, 0.3) is 0 Å². The van der Waals surface area contributed by atoms with Gasteiger partial charge in [0, 0.05) is 31.7 Å². The molecule has 180 valence electrons. The molecule has 4 heterocycles. The fourth-order valence-corrected chi connectivity index (χ4v) is 5.25. The number of carbonyl (C=O) groups is 2. The second-order valence-corrected chi connectivity index (χ2v) is 9.29. The van der Waals surface area contributed by atoms with Crippen molar-refractivity contribution in [1.82, 2.24) is 30.0 Å². The monoisotopic (exact) mass is 474 g/mol. The number of cyclic esters (lactones) is 1. The summed E-state index contributed by atoms with van der Waals surface area (Å²) < 4.78 is 13.0. The Bertz CT molecular complexity index is 1260. The lowest BCUT2D eigenvalue weighted by molar-refractivity contribution is -0.139. The molecule has 35 heavy (non-hydrogen) atoms. The molecule has 2 saturated heterocycles. The average molecular weight is 475 g/mol. The van der Waals surface area contributed by atoms with Gasteiger partial charge >= 0.3 is 5.97 Å². The maximum absolute atomic E-state index is 13.0. The normalized spacial score (nSPS) is 22.0. The quantitative estimate of drug-likeness (QED) is 0.524. The van der Waals surface area contributed by atoms with Gasteiger partial charge in [-0.3, -0.25) is 9.69 Å². The summed E-state index contributed by atoms with van der Waals surface area (Å²) in [7, 11) is 0. The predicted molar refractivity (Wildman–Crippen MR) is 124 cm³/mol. The molecule has 2 aromatic carbocycles. The third-order valence-electron chi connectivity index (χ3n) is 7.31. The van der Waals surface area contributed by atoms with E-state index in [4.69, 9.17) is 9.47 Å². The smallest absolute Gasteiger partial charge is 0.338 e. The zero-order valence-corrected chi connectivity index (χ0v) is 19.5. The number of esters is 1. The first-order valence-corrected chi connectivity index (χ1v) is 11.8. The summed E-state index contributed by atoms with van der Waals surface area (Å²) >= 11 is 0. The highest BCUT2D eigenvalue weighted by Crippen LogP contribution is 2.33. The number of fused-ring (bicyclic) bond motifs is 2. The molecule has 3 aliphatic rings. The second kappa shape index (κ2) is 8.86. The van der Waals surface area contributed by atoms with Crippen molar-refractivity contribution in [3.8, 4) is 5.69 Å². The number of nitrogens with zero attached hydrogens (tertiary/aromatic N) is 6. The van der Waals surface area contributed by atoms with Crippen LogP contribution in [-0.2, 0) is 27.3 Å². The van der Waals surface area contributed by atoms with Crippen LogP contribution in [-0.4, -0.2) is 80.7 Å². The molecule has 10 heteroatoms. The molecule has 10 nitrogen and oxygen atoms in total. The van der Waals surface area contributed by atoms with Gasteiger partial charge < -0.3 is 14.4 Å². The van der Waals surface area contributed by atoms with Crippen LogP contribution in [0.5, 0.6) is 0 Å². The Kier molecular flexibility index (Phi) is 5.54. The molecule has 2 fully saturated rings. The Labute approximate surface area is 202 Å². The molecular formula is C25H26N6O4. The van der Waals surface area contributed by atoms with E-state index in [2.05, 4.69) is 20.4 Å². The number of piperazine rings is 1. The lowest BCUT2D eigenvalue weighted by Crippen LogP contribution is -2.59. The molecule has 0 unspecified atom stereocenters. The number of morpholine rings is 1. The van der Waals surface area contributed by atoms with Crippen molar-refractivity contribution in [2.24, 2.45) is 0 Å². The number of aromatic nitrogens is 4. The van der Waals surface area contributed by atoms with Gasteiger partial charge in [-0.1, -0.05) is 18.2 Å². The van der Waals surface area contributed by atoms with Crippen molar-refractivity contribution >= 4 is 11.9 Å². The van der Waals surface area contributed by atoms with Crippen LogP contribution in [0.3, 0.4) is 0 Å². The van der Waals surface area contributed by atoms with Crippen LogP contribution >= 0.6 is 0 Å². The summed E-state index contributed by atoms with van der Waals surface area (Å²) in [5.41, 5.74) is 5.65. The van der Waals surface area contributed by atoms with Crippen LogP contribution in [0.2, 0.25) is 0 Å². The Hall–Kier alpha value is -3.63. The van der Waals surface area contributed by atoms with Crippen molar-refractivity contribution in [1.29, 1.82) is 0 Å². The van der Waals surface area contributed by atoms with Crippen LogP contribution in [0, 0.1) is 6.92 Å². The minimum absolute atomic E-state index is 0.0480. The highest BCUT2D eigenvalue weighted by atomic mass is 16.5. The molecule has 3 aliphatic heterocycles. The second-order valence-electron chi connectivity index (χ2n) is 9.29. The maximum Gasteiger partial charge on any atom is 0.338 e. The van der Waals surface area contributed by atoms with E-state index in [-0.39, 0.29) is 24.0 Å². The van der Waals surface area contributed by atoms with Crippen LogP contribution in [0.4, 0.5) is 0 Å². The number of amides is 1. The molecule has 0 saturated carbocycles. The van der Waals surface area contributed by atoms with Gasteiger partial charge in [-0.05, 0) is 52.2 Å². The van der Waals surface area contributed by atoms with Crippen LogP contribution in [0.15, 0.2) is 42.7 Å². The number of benzene rings is 2. The molecule has 1 amide bonds. The lowest BCUT2D eigenvalue weighted by Gasteiger charge is -2.46. The number of rotatable bonds is 4. The largest absolute Gasteiger partial charge is 0.457 e. The molecule has 0 radical (unpaired) electrons. The molecule has 0 N–H and O–H groups in total. The first-order valence-electron chi connectivity index (χ1n) is 11.8. The standard InChI is InChI=1S/C25H26N6O4/c1-16-20(6-7-21-22(16)14-35-25(21)33)23-12-29-8-9-30(11-19(29)13-34-23)24(32)10-17-2-4-18(5-3-17)31-15-26-27-28-31/h2-7,15,19,23H,8-14H2,1H3/t19-,23-/m1/s1. The number of ether oxygens (including phenoxy) is 2. The van der Waals surface area contributed by atoms with Crippen LogP contribution in [0.1, 0.15) is 38.7 Å². The Morgan fingerprint density at radius 3 is 2.77 bits per heavy atom. The van der Waals surface area contributed by atoms with Crippen LogP contribution < -0.4 is 0 Å². The highest BCUT2D eigenvalue weighted by molar-refractivity contribution is 5.94. The van der Waals surface area contributed by atoms with Gasteiger partial charge in [0.1, 0.15) is 12.9 Å². The van der Waals surface area contributed by atoms with E-state index in [0.717, 1.165) is 41.0 Å². The molecule has 3 aromatic rings. The predicted octanol–water partition coefficient (Wildman–Crippen LogP) is 1.47. The van der Waals surface area contributed by atoms with E-state index >= 15 is 0 Å². The van der Waals surface area contributed by atoms with Gasteiger partial charge in [0.2, 0.25) is 5.91 Å². The number of tetrazole rings is 1. The molecular weight excluding hydrogens is 448 g/mol. The van der Waals surface area contributed by atoms with Gasteiger partial charge in [-0.15, -0.1) is 5.10 Å². The van der Waals surface area contributed by atoms with Gasteiger partial charge in [0.15, 0.2) is 0 Å². The minimum Gasteiger partial charge on any atom is -0.457 e. The number of hydrogen-bond acceptors (Lipinski definition) is 8. The molecule has 0 bridgehead atoms. The van der Waals surface area contributed by atoms with Gasteiger partial charge in [-0.2, -0.15) is 0 Å². The fourth-order valence-electron chi connectivity index (χ4n) is 5.25. The zero-order valence-electron chi connectivity index (χ0n) is 19.5. The van der Waals surface area contributed by atoms with E-state index in [1.165, 1.54) is 6.33 Å². The van der Waals surface area contributed by atoms with E-state index in [1.54, 1.807) is 4.68 Å². The third kappa shape index (κ3) is 4.08. The lowest BCUT2D eigenvalue weighted by atomic mass is 9.94. The SMILES string of the molecule is Cc1c([C@H]2CN3CCN(C(=O)Cc4ccc(-n5cnnn5)cc4)C[C@@H]3CO2)ccc2c1COC2=O. The molecule has 1 aromatic heterocycles. The summed E-state index contributed by atoms with van der Waals surface area (Å²) in [6.07, 6.45) is 1.85. The summed E-state index contributed by atoms with van der Waals surface area (Å²) in [5, 5.41) is 11.2. The summed E-state index contributed by atoms with van der Waals surface area (Å²) in [6.45, 7) is 5.92. The topological polar surface area (TPSA) is 103 Å². The molecule has 2 atom stereocenters. The van der Waals surface area contributed by atoms with Crippen molar-refractivity contribution in [3.05, 3.63) is 70.5 Å². The summed E-state index contributed by atoms with van der Waals surface area (Å²) in [4.78, 5) is 29.2. The van der Waals surface area contributed by atoms with E-state index in [9.17, 15) is 9.59 Å². The van der Waals surface area contributed by atoms with E-state index in [1.807, 2.05) is 48.2 Å². The van der Waals surface area contributed by atoms with Crippen molar-refractivity contribution in [2.75, 3.05) is 32.8 Å². The van der Waals surface area contributed by atoms with Crippen molar-refractivity contribution in [2.45, 2.75) is 32.1 Å². The number of hydrogen-bond donors (Lipinski definition) is 0. The van der Waals surface area contributed by atoms with Gasteiger partial charge in [-0.25, -0.2) is 9.48 Å². The Morgan fingerprint density at radius 2 is 1.97 bits per heavy atom. The molecule has 0 spiro atoms. The first-order chi connectivity index (χ1) is 17.1.